The van der Waals surface area contributed by atoms with Gasteiger partial charge in [-0.15, -0.1) is 0 Å². The summed E-state index contributed by atoms with van der Waals surface area (Å²) in [6.07, 6.45) is 0. The van der Waals surface area contributed by atoms with Crippen LogP contribution in [0.5, 0.6) is 0 Å². The monoisotopic (exact) mass is 86.1 g/mol. The van der Waals surface area contributed by atoms with Gasteiger partial charge in [0.1, 0.15) is 0 Å². The molecule has 35 valence electrons. The minimum Gasteiger partial charge on any atom is -0.377 e. The zero-order valence-electron chi connectivity index (χ0n) is 3.61. The zero-order valence-corrected chi connectivity index (χ0v) is 3.61. The summed E-state index contributed by atoms with van der Waals surface area (Å²) in [6, 6.07) is 0. The first-order chi connectivity index (χ1) is 2.71. The van der Waals surface area contributed by atoms with E-state index >= 15 is 0 Å². The van der Waals surface area contributed by atoms with E-state index < -0.39 is 0 Å². The molecule has 0 unspecified atom stereocenters. The van der Waals surface area contributed by atoms with Crippen LogP contribution in [0.25, 0.3) is 0 Å². The molecule has 1 aliphatic rings. The van der Waals surface area contributed by atoms with Crippen molar-refractivity contribution in [3.8, 4) is 0 Å². The molecule has 0 aromatic heterocycles. The topological polar surface area (TPSA) is 35.2 Å². The molecule has 0 aromatic rings. The van der Waals surface area contributed by atoms with Crippen LogP contribution in [0, 0.1) is 6.92 Å². The van der Waals surface area contributed by atoms with Crippen molar-refractivity contribution in [2.45, 2.75) is 5.54 Å². The van der Waals surface area contributed by atoms with Crippen LogP contribution < -0.4 is 5.73 Å². The molecule has 2 N–H and O–H groups in total. The summed E-state index contributed by atoms with van der Waals surface area (Å²) < 4.78 is 4.75. The Balaban J connectivity index is 2.31. The molecular weight excluding hydrogens is 78.0 g/mol. The van der Waals surface area contributed by atoms with Gasteiger partial charge < -0.3 is 10.5 Å². The lowest BCUT2D eigenvalue weighted by atomic mass is 10.0. The molecule has 1 saturated heterocycles. The van der Waals surface area contributed by atoms with Crippen LogP contribution in [-0.4, -0.2) is 18.8 Å². The van der Waals surface area contributed by atoms with Gasteiger partial charge >= 0.3 is 0 Å². The molecule has 1 rings (SSSR count). The molecule has 0 atom stereocenters. The zero-order chi connectivity index (χ0) is 4.62. The van der Waals surface area contributed by atoms with Crippen molar-refractivity contribution in [3.05, 3.63) is 6.92 Å². The molecule has 2 heteroatoms. The summed E-state index contributed by atoms with van der Waals surface area (Å²) in [5, 5.41) is 0. The maximum Gasteiger partial charge on any atom is 0.0669 e. The van der Waals surface area contributed by atoms with Crippen molar-refractivity contribution < 1.29 is 4.74 Å². The molecule has 2 nitrogen and oxygen atoms in total. The van der Waals surface area contributed by atoms with E-state index in [2.05, 4.69) is 6.92 Å². The Bertz CT molecular complexity index is 54.6. The molecular formula is C4H8NO. The van der Waals surface area contributed by atoms with Gasteiger partial charge in [-0.2, -0.15) is 0 Å². The summed E-state index contributed by atoms with van der Waals surface area (Å²) in [6.45, 7) is 4.86. The third kappa shape index (κ3) is 0.533. The Morgan fingerprint density at radius 2 is 2.00 bits per heavy atom. The van der Waals surface area contributed by atoms with Crippen molar-refractivity contribution in [2.24, 2.45) is 5.73 Å². The van der Waals surface area contributed by atoms with Gasteiger partial charge in [0, 0.05) is 0 Å². The van der Waals surface area contributed by atoms with E-state index in [0.717, 1.165) is 0 Å². The SMILES string of the molecule is [CH2]C1(N)COC1. The first-order valence-corrected chi connectivity index (χ1v) is 1.93. The van der Waals surface area contributed by atoms with Crippen molar-refractivity contribution in [1.29, 1.82) is 0 Å². The number of rotatable bonds is 0. The Labute approximate surface area is 37.3 Å². The fourth-order valence-corrected chi connectivity index (χ4v) is 0.364. The third-order valence-corrected chi connectivity index (χ3v) is 0.779. The fourth-order valence-electron chi connectivity index (χ4n) is 0.364. The van der Waals surface area contributed by atoms with Gasteiger partial charge in [-0.3, -0.25) is 0 Å². The van der Waals surface area contributed by atoms with E-state index in [-0.39, 0.29) is 5.54 Å². The second-order valence-corrected chi connectivity index (χ2v) is 1.86. The number of ether oxygens (including phenoxy) is 1. The summed E-state index contributed by atoms with van der Waals surface area (Å²) in [5.41, 5.74) is 5.14. The highest BCUT2D eigenvalue weighted by Gasteiger charge is 2.27. The molecule has 6 heavy (non-hydrogen) atoms. The summed E-state index contributed by atoms with van der Waals surface area (Å²) in [7, 11) is 0. The molecule has 1 fully saturated rings. The van der Waals surface area contributed by atoms with Gasteiger partial charge in [-0.1, -0.05) is 0 Å². The number of hydrogen-bond donors (Lipinski definition) is 1. The molecule has 1 aliphatic heterocycles. The van der Waals surface area contributed by atoms with Gasteiger partial charge in [0.05, 0.1) is 18.8 Å². The minimum absolute atomic E-state index is 0.250. The quantitative estimate of drug-likeness (QED) is 0.433. The molecule has 0 amide bonds. The highest BCUT2D eigenvalue weighted by molar-refractivity contribution is 4.92. The molecule has 0 aliphatic carbocycles. The first kappa shape index (κ1) is 4.09. The third-order valence-electron chi connectivity index (χ3n) is 0.779. The van der Waals surface area contributed by atoms with E-state index in [1.54, 1.807) is 0 Å². The Morgan fingerprint density at radius 3 is 2.00 bits per heavy atom. The largest absolute Gasteiger partial charge is 0.377 e. The van der Waals surface area contributed by atoms with E-state index in [1.807, 2.05) is 0 Å². The summed E-state index contributed by atoms with van der Waals surface area (Å²) >= 11 is 0. The maximum absolute atomic E-state index is 5.39. The maximum atomic E-state index is 5.39. The minimum atomic E-state index is -0.250. The molecule has 0 spiro atoms. The van der Waals surface area contributed by atoms with Gasteiger partial charge in [0.15, 0.2) is 0 Å². The van der Waals surface area contributed by atoms with Crippen LogP contribution in [0.4, 0.5) is 0 Å². The normalized spacial score (nSPS) is 29.0. The number of hydrogen-bond acceptors (Lipinski definition) is 2. The number of nitrogens with two attached hydrogens (primary N) is 1. The van der Waals surface area contributed by atoms with Gasteiger partial charge in [0.2, 0.25) is 0 Å². The van der Waals surface area contributed by atoms with E-state index in [4.69, 9.17) is 10.5 Å². The highest BCUT2D eigenvalue weighted by atomic mass is 16.5. The Morgan fingerprint density at radius 1 is 1.67 bits per heavy atom. The summed E-state index contributed by atoms with van der Waals surface area (Å²) in [4.78, 5) is 0. The summed E-state index contributed by atoms with van der Waals surface area (Å²) in [5.74, 6) is 0. The molecule has 0 bridgehead atoms. The average Bonchev–Trinajstić information content (AvgIpc) is 1.32. The van der Waals surface area contributed by atoms with E-state index in [9.17, 15) is 0 Å². The second-order valence-electron chi connectivity index (χ2n) is 1.86. The van der Waals surface area contributed by atoms with Crippen LogP contribution in [-0.2, 0) is 4.74 Å². The second kappa shape index (κ2) is 0.950. The highest BCUT2D eigenvalue weighted by Crippen LogP contribution is 2.09. The van der Waals surface area contributed by atoms with E-state index in [1.165, 1.54) is 0 Å². The van der Waals surface area contributed by atoms with Crippen molar-refractivity contribution >= 4 is 0 Å². The lowest BCUT2D eigenvalue weighted by Crippen LogP contribution is -2.54. The predicted octanol–water partition coefficient (Wildman–Crippen LogP) is -0.452. The van der Waals surface area contributed by atoms with Crippen molar-refractivity contribution in [3.63, 3.8) is 0 Å². The molecule has 1 radical (unpaired) electrons. The van der Waals surface area contributed by atoms with E-state index in [0.29, 0.717) is 13.2 Å². The molecule has 0 saturated carbocycles. The van der Waals surface area contributed by atoms with Crippen LogP contribution in [0.1, 0.15) is 0 Å². The Hall–Kier alpha value is -0.0800. The van der Waals surface area contributed by atoms with Crippen LogP contribution in [0.2, 0.25) is 0 Å². The fraction of sp³-hybridized carbons (Fsp3) is 0.750. The van der Waals surface area contributed by atoms with Gasteiger partial charge in [-0.25, -0.2) is 0 Å². The predicted molar refractivity (Wildman–Crippen MR) is 23.1 cm³/mol. The van der Waals surface area contributed by atoms with Crippen LogP contribution in [0.15, 0.2) is 0 Å². The smallest absolute Gasteiger partial charge is 0.0669 e. The molecule has 1 heterocycles. The first-order valence-electron chi connectivity index (χ1n) is 1.93. The van der Waals surface area contributed by atoms with Gasteiger partial charge in [-0.05, 0) is 6.92 Å². The van der Waals surface area contributed by atoms with Crippen LogP contribution >= 0.6 is 0 Å². The van der Waals surface area contributed by atoms with Gasteiger partial charge in [0.25, 0.3) is 0 Å². The lowest BCUT2D eigenvalue weighted by Gasteiger charge is -2.33. The van der Waals surface area contributed by atoms with Crippen molar-refractivity contribution in [1.82, 2.24) is 0 Å². The average molecular weight is 86.1 g/mol. The molecule has 0 aromatic carbocycles. The lowest BCUT2D eigenvalue weighted by molar-refractivity contribution is -0.0294. The standard InChI is InChI=1S/C4H8NO/c1-4(5)2-6-3-4/h1-3,5H2. The van der Waals surface area contributed by atoms with Crippen molar-refractivity contribution in [2.75, 3.05) is 13.2 Å². The Kier molecular flexibility index (Phi) is 0.648. The van der Waals surface area contributed by atoms with Crippen LogP contribution in [0.3, 0.4) is 0 Å².